The molecule has 0 spiro atoms. The first-order valence-corrected chi connectivity index (χ1v) is 8.25. The molecule has 3 rings (SSSR count). The molecule has 0 aliphatic carbocycles. The number of nitrogens with one attached hydrogen (secondary N) is 1. The smallest absolute Gasteiger partial charge is 0.151 e. The van der Waals surface area contributed by atoms with E-state index in [9.17, 15) is 0 Å². The Balaban J connectivity index is 1.44. The highest BCUT2D eigenvalue weighted by Crippen LogP contribution is 2.17. The number of anilines is 1. The topological polar surface area (TPSA) is 74.1 Å². The second-order valence-corrected chi connectivity index (χ2v) is 5.78. The van der Waals surface area contributed by atoms with E-state index in [0.717, 1.165) is 38.3 Å². The van der Waals surface area contributed by atoms with E-state index in [0.29, 0.717) is 24.0 Å². The van der Waals surface area contributed by atoms with Crippen LogP contribution in [0.2, 0.25) is 0 Å². The summed E-state index contributed by atoms with van der Waals surface area (Å²) in [6.07, 6.45) is 3.97. The van der Waals surface area contributed by atoms with Crippen molar-refractivity contribution >= 4 is 5.82 Å². The fourth-order valence-electron chi connectivity index (χ4n) is 2.92. The van der Waals surface area contributed by atoms with Crippen LogP contribution in [0.5, 0.6) is 5.75 Å². The molecule has 6 nitrogen and oxygen atoms in total. The first kappa shape index (κ1) is 16.2. The number of para-hydroxylation sites is 1. The van der Waals surface area contributed by atoms with Crippen molar-refractivity contribution < 1.29 is 4.74 Å². The Morgan fingerprint density at radius 3 is 3.04 bits per heavy atom. The van der Waals surface area contributed by atoms with Gasteiger partial charge in [0.15, 0.2) is 5.82 Å². The molecule has 1 saturated heterocycles. The zero-order valence-corrected chi connectivity index (χ0v) is 13.6. The van der Waals surface area contributed by atoms with E-state index in [1.807, 2.05) is 30.3 Å². The van der Waals surface area contributed by atoms with Crippen LogP contribution < -0.4 is 15.0 Å². The third-order valence-corrected chi connectivity index (χ3v) is 4.10. The average Bonchev–Trinajstić information content (AvgIpc) is 2.66. The van der Waals surface area contributed by atoms with E-state index < -0.39 is 0 Å². The number of rotatable bonds is 6. The summed E-state index contributed by atoms with van der Waals surface area (Å²) >= 11 is 0. The van der Waals surface area contributed by atoms with E-state index in [4.69, 9.17) is 10.00 Å². The summed E-state index contributed by atoms with van der Waals surface area (Å²) in [5.41, 5.74) is 0.573. The van der Waals surface area contributed by atoms with Gasteiger partial charge in [-0.1, -0.05) is 12.1 Å². The predicted molar refractivity (Wildman–Crippen MR) is 91.9 cm³/mol. The van der Waals surface area contributed by atoms with E-state index >= 15 is 0 Å². The Hall–Kier alpha value is -2.65. The van der Waals surface area contributed by atoms with E-state index in [-0.39, 0.29) is 0 Å². The van der Waals surface area contributed by atoms with Crippen LogP contribution in [0.25, 0.3) is 0 Å². The van der Waals surface area contributed by atoms with Gasteiger partial charge in [0.2, 0.25) is 0 Å². The molecule has 1 aliphatic heterocycles. The molecule has 24 heavy (non-hydrogen) atoms. The van der Waals surface area contributed by atoms with Gasteiger partial charge in [0, 0.05) is 31.9 Å². The van der Waals surface area contributed by atoms with Crippen molar-refractivity contribution in [2.45, 2.75) is 18.9 Å². The molecule has 2 heterocycles. The second-order valence-electron chi connectivity index (χ2n) is 5.78. The van der Waals surface area contributed by atoms with Gasteiger partial charge in [-0.25, -0.2) is 0 Å². The van der Waals surface area contributed by atoms with Gasteiger partial charge in [-0.05, 0) is 37.1 Å². The van der Waals surface area contributed by atoms with E-state index in [1.165, 1.54) is 0 Å². The number of aromatic nitrogens is 2. The van der Waals surface area contributed by atoms with Crippen LogP contribution in [-0.2, 0) is 0 Å². The van der Waals surface area contributed by atoms with Crippen LogP contribution in [0.3, 0.4) is 0 Å². The van der Waals surface area contributed by atoms with Crippen molar-refractivity contribution in [1.82, 2.24) is 15.5 Å². The molecule has 1 atom stereocenters. The molecular formula is C18H21N5O. The molecule has 1 aliphatic rings. The Morgan fingerprint density at radius 1 is 1.29 bits per heavy atom. The van der Waals surface area contributed by atoms with Crippen molar-refractivity contribution in [1.29, 1.82) is 5.26 Å². The Labute approximate surface area is 142 Å². The molecule has 0 amide bonds. The lowest BCUT2D eigenvalue weighted by atomic mass is 10.1. The van der Waals surface area contributed by atoms with Gasteiger partial charge in [-0.15, -0.1) is 5.10 Å². The van der Waals surface area contributed by atoms with Crippen molar-refractivity contribution in [3.05, 3.63) is 48.2 Å². The Morgan fingerprint density at radius 2 is 2.21 bits per heavy atom. The maximum Gasteiger partial charge on any atom is 0.151 e. The summed E-state index contributed by atoms with van der Waals surface area (Å²) in [5.74, 6) is 1.58. The minimum atomic E-state index is 0.413. The lowest BCUT2D eigenvalue weighted by Crippen LogP contribution is -2.47. The van der Waals surface area contributed by atoms with Gasteiger partial charge in [-0.2, -0.15) is 10.4 Å². The maximum atomic E-state index is 9.05. The van der Waals surface area contributed by atoms with Gasteiger partial charge < -0.3 is 15.0 Å². The van der Waals surface area contributed by atoms with Crippen molar-refractivity contribution in [3.63, 3.8) is 0 Å². The molecule has 1 N–H and O–H groups in total. The van der Waals surface area contributed by atoms with Crippen LogP contribution in [0.1, 0.15) is 18.4 Å². The summed E-state index contributed by atoms with van der Waals surface area (Å²) in [4.78, 5) is 2.26. The third-order valence-electron chi connectivity index (χ3n) is 4.10. The molecule has 1 fully saturated rings. The zero-order valence-electron chi connectivity index (χ0n) is 13.6. The third kappa shape index (κ3) is 4.21. The molecule has 124 valence electrons. The summed E-state index contributed by atoms with van der Waals surface area (Å²) in [7, 11) is 0. The summed E-state index contributed by atoms with van der Waals surface area (Å²) in [6, 6.07) is 13.8. The lowest BCUT2D eigenvalue weighted by molar-refractivity contribution is 0.297. The van der Waals surface area contributed by atoms with E-state index in [1.54, 1.807) is 12.3 Å². The Bertz CT molecular complexity index is 685. The molecule has 0 radical (unpaired) electrons. The number of ether oxygens (including phenoxy) is 1. The number of piperidine rings is 1. The predicted octanol–water partition coefficient (Wildman–Crippen LogP) is 1.99. The summed E-state index contributed by atoms with van der Waals surface area (Å²) in [6.45, 7) is 3.23. The molecule has 2 aromatic rings. The maximum absolute atomic E-state index is 9.05. The van der Waals surface area contributed by atoms with Gasteiger partial charge in [-0.3, -0.25) is 0 Å². The molecule has 6 heteroatoms. The van der Waals surface area contributed by atoms with Crippen LogP contribution in [0, 0.1) is 11.3 Å². The minimum absolute atomic E-state index is 0.413. The van der Waals surface area contributed by atoms with Gasteiger partial charge in [0.05, 0.1) is 5.56 Å². The standard InChI is InChI=1S/C18H21N5O/c19-13-15-5-1-2-7-17(15)24-12-10-20-16-6-4-11-23(14-16)18-8-3-9-21-22-18/h1-3,5,7-9,16,20H,4,6,10-12,14H2. The van der Waals surface area contributed by atoms with Crippen molar-refractivity contribution in [2.75, 3.05) is 31.1 Å². The molecule has 0 bridgehead atoms. The van der Waals surface area contributed by atoms with Crippen molar-refractivity contribution in [3.8, 4) is 11.8 Å². The second kappa shape index (κ2) is 8.27. The fraction of sp³-hybridized carbons (Fsp3) is 0.389. The van der Waals surface area contributed by atoms with E-state index in [2.05, 4.69) is 26.5 Å². The van der Waals surface area contributed by atoms with Crippen LogP contribution >= 0.6 is 0 Å². The van der Waals surface area contributed by atoms with Gasteiger partial charge in [0.1, 0.15) is 18.4 Å². The monoisotopic (exact) mass is 323 g/mol. The SMILES string of the molecule is N#Cc1ccccc1OCCNC1CCCN(c2cccnn2)C1. The molecule has 1 unspecified atom stereocenters. The minimum Gasteiger partial charge on any atom is -0.491 e. The molecule has 1 aromatic carbocycles. The van der Waals surface area contributed by atoms with Crippen LogP contribution in [-0.4, -0.2) is 42.5 Å². The number of nitrogens with zero attached hydrogens (tertiary/aromatic N) is 4. The van der Waals surface area contributed by atoms with Crippen molar-refractivity contribution in [2.24, 2.45) is 0 Å². The highest BCUT2D eigenvalue weighted by Gasteiger charge is 2.20. The number of hydrogen-bond acceptors (Lipinski definition) is 6. The number of nitriles is 1. The van der Waals surface area contributed by atoms with Gasteiger partial charge in [0.25, 0.3) is 0 Å². The average molecular weight is 323 g/mol. The quantitative estimate of drug-likeness (QED) is 0.820. The molecule has 1 aromatic heterocycles. The highest BCUT2D eigenvalue weighted by molar-refractivity contribution is 5.42. The molecule has 0 saturated carbocycles. The van der Waals surface area contributed by atoms with Crippen LogP contribution in [0.4, 0.5) is 5.82 Å². The first-order chi connectivity index (χ1) is 11.9. The summed E-state index contributed by atoms with van der Waals surface area (Å²) in [5, 5.41) is 20.7. The zero-order chi connectivity index (χ0) is 16.6. The van der Waals surface area contributed by atoms with Crippen LogP contribution in [0.15, 0.2) is 42.6 Å². The largest absolute Gasteiger partial charge is 0.491 e. The first-order valence-electron chi connectivity index (χ1n) is 8.25. The normalized spacial score (nSPS) is 17.3. The fourth-order valence-corrected chi connectivity index (χ4v) is 2.92. The lowest BCUT2D eigenvalue weighted by Gasteiger charge is -2.33. The van der Waals surface area contributed by atoms with Gasteiger partial charge >= 0.3 is 0 Å². The summed E-state index contributed by atoms with van der Waals surface area (Å²) < 4.78 is 5.71. The number of hydrogen-bond donors (Lipinski definition) is 1. The Kier molecular flexibility index (Phi) is 5.59. The molecular weight excluding hydrogens is 302 g/mol. The highest BCUT2D eigenvalue weighted by atomic mass is 16.5. The number of benzene rings is 1.